The lowest BCUT2D eigenvalue weighted by Crippen LogP contribution is -2.35. The number of carbonyl (C=O) groups is 1. The van der Waals surface area contributed by atoms with Gasteiger partial charge in [-0.05, 0) is 50.1 Å². The fourth-order valence-corrected chi connectivity index (χ4v) is 3.95. The molecule has 0 saturated heterocycles. The molecule has 1 N–H and O–H groups in total. The third-order valence-corrected chi connectivity index (χ3v) is 5.85. The summed E-state index contributed by atoms with van der Waals surface area (Å²) < 4.78 is 31.8. The van der Waals surface area contributed by atoms with Crippen LogP contribution in [0.15, 0.2) is 41.3 Å². The highest BCUT2D eigenvalue weighted by atomic mass is 32.2. The summed E-state index contributed by atoms with van der Waals surface area (Å²) >= 11 is 0. The molecular weight excluding hydrogens is 352 g/mol. The number of benzene rings is 2. The SMILES string of the molecule is COc1ccc(C)cc1S(=O)(=O)N(C)CC(=O)Nc1ccc(C)cc1C. The molecule has 0 spiro atoms. The van der Waals surface area contributed by atoms with Crippen LogP contribution < -0.4 is 10.1 Å². The van der Waals surface area contributed by atoms with Crippen LogP contribution in [-0.2, 0) is 14.8 Å². The molecule has 2 aromatic rings. The van der Waals surface area contributed by atoms with Crippen LogP contribution in [0.3, 0.4) is 0 Å². The van der Waals surface area contributed by atoms with E-state index in [1.54, 1.807) is 25.1 Å². The van der Waals surface area contributed by atoms with Gasteiger partial charge in [0.25, 0.3) is 0 Å². The van der Waals surface area contributed by atoms with Crippen molar-refractivity contribution in [3.8, 4) is 5.75 Å². The third-order valence-electron chi connectivity index (χ3n) is 4.03. The maximum absolute atomic E-state index is 12.8. The molecule has 0 heterocycles. The Labute approximate surface area is 154 Å². The van der Waals surface area contributed by atoms with E-state index in [9.17, 15) is 13.2 Å². The summed E-state index contributed by atoms with van der Waals surface area (Å²) in [6.07, 6.45) is 0. The summed E-state index contributed by atoms with van der Waals surface area (Å²) in [6, 6.07) is 10.6. The second-order valence-corrected chi connectivity index (χ2v) is 8.30. The molecule has 0 fully saturated rings. The molecule has 2 rings (SSSR count). The number of aryl methyl sites for hydroxylation is 3. The predicted octanol–water partition coefficient (Wildman–Crippen LogP) is 2.88. The molecule has 7 heteroatoms. The van der Waals surface area contributed by atoms with Crippen LogP contribution in [0, 0.1) is 20.8 Å². The predicted molar refractivity (Wildman–Crippen MR) is 102 cm³/mol. The molecule has 0 aliphatic heterocycles. The molecule has 0 aromatic heterocycles. The number of likely N-dealkylation sites (N-methyl/N-ethyl adjacent to an activating group) is 1. The number of nitrogens with zero attached hydrogens (tertiary/aromatic N) is 1. The summed E-state index contributed by atoms with van der Waals surface area (Å²) in [5.41, 5.74) is 3.47. The number of ether oxygens (including phenoxy) is 1. The number of nitrogens with one attached hydrogen (secondary N) is 1. The zero-order valence-electron chi connectivity index (χ0n) is 15.7. The van der Waals surface area contributed by atoms with Gasteiger partial charge in [0.2, 0.25) is 15.9 Å². The summed E-state index contributed by atoms with van der Waals surface area (Å²) in [6.45, 7) is 5.35. The largest absolute Gasteiger partial charge is 0.495 e. The van der Waals surface area contributed by atoms with E-state index in [4.69, 9.17) is 4.74 Å². The number of anilines is 1. The minimum atomic E-state index is -3.86. The minimum absolute atomic E-state index is 0.0433. The van der Waals surface area contributed by atoms with Crippen molar-refractivity contribution >= 4 is 21.6 Å². The molecule has 0 atom stereocenters. The number of methoxy groups -OCH3 is 1. The number of amides is 1. The average Bonchev–Trinajstić information content (AvgIpc) is 2.57. The molecule has 0 unspecified atom stereocenters. The van der Waals surface area contributed by atoms with Crippen LogP contribution in [0.2, 0.25) is 0 Å². The van der Waals surface area contributed by atoms with E-state index in [0.717, 1.165) is 21.0 Å². The highest BCUT2D eigenvalue weighted by molar-refractivity contribution is 7.89. The fraction of sp³-hybridized carbons (Fsp3) is 0.316. The van der Waals surface area contributed by atoms with Crippen LogP contribution in [0.5, 0.6) is 5.75 Å². The van der Waals surface area contributed by atoms with Gasteiger partial charge in [0.05, 0.1) is 13.7 Å². The number of hydrogen-bond acceptors (Lipinski definition) is 4. The molecule has 140 valence electrons. The molecule has 0 aliphatic rings. The van der Waals surface area contributed by atoms with Gasteiger partial charge in [0.15, 0.2) is 0 Å². The van der Waals surface area contributed by atoms with Crippen LogP contribution in [0.1, 0.15) is 16.7 Å². The van der Waals surface area contributed by atoms with Gasteiger partial charge in [0, 0.05) is 12.7 Å². The van der Waals surface area contributed by atoms with Crippen LogP contribution in [-0.4, -0.2) is 39.3 Å². The van der Waals surface area contributed by atoms with E-state index in [1.165, 1.54) is 20.2 Å². The first-order chi connectivity index (χ1) is 12.1. The van der Waals surface area contributed by atoms with Crippen molar-refractivity contribution < 1.29 is 17.9 Å². The van der Waals surface area contributed by atoms with Crippen LogP contribution in [0.25, 0.3) is 0 Å². The van der Waals surface area contributed by atoms with Gasteiger partial charge >= 0.3 is 0 Å². The Kier molecular flexibility index (Phi) is 6.05. The zero-order valence-corrected chi connectivity index (χ0v) is 16.5. The molecule has 6 nitrogen and oxygen atoms in total. The van der Waals surface area contributed by atoms with E-state index >= 15 is 0 Å². The highest BCUT2D eigenvalue weighted by Crippen LogP contribution is 2.27. The van der Waals surface area contributed by atoms with Gasteiger partial charge in [-0.2, -0.15) is 4.31 Å². The maximum atomic E-state index is 12.8. The van der Waals surface area contributed by atoms with Gasteiger partial charge in [0.1, 0.15) is 10.6 Å². The van der Waals surface area contributed by atoms with E-state index in [0.29, 0.717) is 5.69 Å². The normalized spacial score (nSPS) is 11.5. The first-order valence-electron chi connectivity index (χ1n) is 8.13. The van der Waals surface area contributed by atoms with Crippen molar-refractivity contribution in [2.24, 2.45) is 0 Å². The maximum Gasteiger partial charge on any atom is 0.246 e. The smallest absolute Gasteiger partial charge is 0.246 e. The fourth-order valence-electron chi connectivity index (χ4n) is 2.58. The lowest BCUT2D eigenvalue weighted by Gasteiger charge is -2.19. The van der Waals surface area contributed by atoms with Gasteiger partial charge in [-0.1, -0.05) is 23.8 Å². The van der Waals surface area contributed by atoms with Gasteiger partial charge in [-0.25, -0.2) is 8.42 Å². The van der Waals surface area contributed by atoms with Crippen molar-refractivity contribution in [1.29, 1.82) is 0 Å². The van der Waals surface area contributed by atoms with Crippen molar-refractivity contribution in [2.75, 3.05) is 26.0 Å². The van der Waals surface area contributed by atoms with Crippen molar-refractivity contribution in [1.82, 2.24) is 4.31 Å². The Balaban J connectivity index is 2.19. The molecule has 26 heavy (non-hydrogen) atoms. The lowest BCUT2D eigenvalue weighted by molar-refractivity contribution is -0.116. The Morgan fingerprint density at radius 1 is 1.08 bits per heavy atom. The monoisotopic (exact) mass is 376 g/mol. The Morgan fingerprint density at radius 3 is 2.31 bits per heavy atom. The van der Waals surface area contributed by atoms with E-state index < -0.39 is 15.9 Å². The number of carbonyl (C=O) groups excluding carboxylic acids is 1. The van der Waals surface area contributed by atoms with Crippen molar-refractivity contribution in [3.05, 3.63) is 53.1 Å². The van der Waals surface area contributed by atoms with Crippen LogP contribution >= 0.6 is 0 Å². The third kappa shape index (κ3) is 4.42. The summed E-state index contributed by atoms with van der Waals surface area (Å²) in [7, 11) is -1.07. The Bertz CT molecular complexity index is 923. The lowest BCUT2D eigenvalue weighted by atomic mass is 10.1. The second-order valence-electron chi connectivity index (χ2n) is 6.28. The van der Waals surface area contributed by atoms with Crippen molar-refractivity contribution in [2.45, 2.75) is 25.7 Å². The summed E-state index contributed by atoms with van der Waals surface area (Å²) in [5.74, 6) is -0.160. The molecule has 0 radical (unpaired) electrons. The second kappa shape index (κ2) is 7.88. The molecule has 0 bridgehead atoms. The zero-order chi connectivity index (χ0) is 19.5. The number of hydrogen-bond donors (Lipinski definition) is 1. The quantitative estimate of drug-likeness (QED) is 0.841. The molecule has 1 amide bonds. The van der Waals surface area contributed by atoms with Gasteiger partial charge < -0.3 is 10.1 Å². The summed E-state index contributed by atoms with van der Waals surface area (Å²) in [5, 5.41) is 2.76. The van der Waals surface area contributed by atoms with E-state index in [2.05, 4.69) is 5.32 Å². The van der Waals surface area contributed by atoms with E-state index in [-0.39, 0.29) is 17.2 Å². The summed E-state index contributed by atoms with van der Waals surface area (Å²) in [4.78, 5) is 12.4. The topological polar surface area (TPSA) is 75.7 Å². The van der Waals surface area contributed by atoms with E-state index in [1.807, 2.05) is 26.0 Å². The number of rotatable bonds is 6. The van der Waals surface area contributed by atoms with Crippen LogP contribution in [0.4, 0.5) is 5.69 Å². The first-order valence-corrected chi connectivity index (χ1v) is 9.57. The Hall–Kier alpha value is -2.38. The van der Waals surface area contributed by atoms with Crippen molar-refractivity contribution in [3.63, 3.8) is 0 Å². The minimum Gasteiger partial charge on any atom is -0.495 e. The molecular formula is C19H24N2O4S. The Morgan fingerprint density at radius 2 is 1.69 bits per heavy atom. The first kappa shape index (κ1) is 19.9. The molecule has 0 saturated carbocycles. The standard InChI is InChI=1S/C19H24N2O4S/c1-13-6-8-16(15(3)10-13)20-19(22)12-21(4)26(23,24)18-11-14(2)7-9-17(18)25-5/h6-11H,12H2,1-5H3,(H,20,22). The average molecular weight is 376 g/mol. The van der Waals surface area contributed by atoms with Gasteiger partial charge in [-0.3, -0.25) is 4.79 Å². The van der Waals surface area contributed by atoms with Gasteiger partial charge in [-0.15, -0.1) is 0 Å². The highest BCUT2D eigenvalue weighted by Gasteiger charge is 2.26. The molecule has 0 aliphatic carbocycles. The molecule has 2 aromatic carbocycles. The number of sulfonamides is 1.